The first kappa shape index (κ1) is 19.6. The number of rotatable bonds is 6. The van der Waals surface area contributed by atoms with Crippen LogP contribution in [0.25, 0.3) is 10.9 Å². The molecule has 1 aromatic heterocycles. The van der Waals surface area contributed by atoms with E-state index in [1.165, 1.54) is 18.9 Å². The maximum absolute atomic E-state index is 14.2. The van der Waals surface area contributed by atoms with Gasteiger partial charge in [-0.25, -0.2) is 4.39 Å². The molecule has 0 aliphatic carbocycles. The van der Waals surface area contributed by atoms with Crippen LogP contribution in [0.5, 0.6) is 5.75 Å². The van der Waals surface area contributed by atoms with E-state index in [2.05, 4.69) is 52.6 Å². The van der Waals surface area contributed by atoms with Gasteiger partial charge in [0.05, 0.1) is 12.6 Å². The Morgan fingerprint density at radius 2 is 1.86 bits per heavy atom. The van der Waals surface area contributed by atoms with Gasteiger partial charge in [0.25, 0.3) is 0 Å². The van der Waals surface area contributed by atoms with Crippen molar-refractivity contribution in [1.29, 1.82) is 0 Å². The highest BCUT2D eigenvalue weighted by atomic mass is 19.1. The lowest BCUT2D eigenvalue weighted by molar-refractivity contribution is 0.313. The Hall–Kier alpha value is -2.73. The summed E-state index contributed by atoms with van der Waals surface area (Å²) in [5, 5.41) is 4.39. The SMILES string of the molecule is COc1c(F)ccc2c1c(CCNc1cccc(N3CCN(C)CC3)c1)cn2C. The van der Waals surface area contributed by atoms with E-state index in [0.717, 1.165) is 61.3 Å². The number of aromatic nitrogens is 1. The summed E-state index contributed by atoms with van der Waals surface area (Å²) in [7, 11) is 5.68. The Morgan fingerprint density at radius 1 is 1.07 bits per heavy atom. The average molecular weight is 397 g/mol. The Labute approximate surface area is 171 Å². The molecule has 1 N–H and O–H groups in total. The van der Waals surface area contributed by atoms with Crippen molar-refractivity contribution in [3.8, 4) is 5.75 Å². The number of nitrogens with zero attached hydrogens (tertiary/aromatic N) is 3. The highest BCUT2D eigenvalue weighted by Gasteiger charge is 2.16. The first-order valence-electron chi connectivity index (χ1n) is 10.1. The molecule has 0 atom stereocenters. The lowest BCUT2D eigenvalue weighted by Crippen LogP contribution is -2.44. The normalized spacial score (nSPS) is 15.1. The van der Waals surface area contributed by atoms with Crippen LogP contribution >= 0.6 is 0 Å². The minimum atomic E-state index is -0.319. The fourth-order valence-corrected chi connectivity index (χ4v) is 4.13. The zero-order valence-electron chi connectivity index (χ0n) is 17.4. The van der Waals surface area contributed by atoms with Crippen molar-refractivity contribution in [3.63, 3.8) is 0 Å². The Morgan fingerprint density at radius 3 is 2.62 bits per heavy atom. The fraction of sp³-hybridized carbons (Fsp3) is 0.391. The van der Waals surface area contributed by atoms with Crippen LogP contribution in [0.1, 0.15) is 5.56 Å². The zero-order chi connectivity index (χ0) is 20.4. The van der Waals surface area contributed by atoms with E-state index in [-0.39, 0.29) is 5.82 Å². The number of likely N-dealkylation sites (N-methyl/N-ethyl adjacent to an activating group) is 1. The van der Waals surface area contributed by atoms with Crippen LogP contribution in [0, 0.1) is 5.82 Å². The number of halogens is 1. The van der Waals surface area contributed by atoms with Crippen molar-refractivity contribution in [3.05, 3.63) is 54.0 Å². The highest BCUT2D eigenvalue weighted by Crippen LogP contribution is 2.33. The van der Waals surface area contributed by atoms with Gasteiger partial charge in [-0.1, -0.05) is 6.07 Å². The minimum absolute atomic E-state index is 0.319. The van der Waals surface area contributed by atoms with Crippen LogP contribution < -0.4 is 15.0 Å². The average Bonchev–Trinajstić information content (AvgIpc) is 3.04. The molecule has 1 fully saturated rings. The molecule has 0 spiro atoms. The number of aryl methyl sites for hydroxylation is 1. The molecule has 0 radical (unpaired) electrons. The largest absolute Gasteiger partial charge is 0.493 e. The van der Waals surface area contributed by atoms with Crippen molar-refractivity contribution < 1.29 is 9.13 Å². The molecule has 1 aliphatic rings. The lowest BCUT2D eigenvalue weighted by Gasteiger charge is -2.34. The molecule has 1 saturated heterocycles. The molecular formula is C23H29FN4O. The molecule has 6 heteroatoms. The standard InChI is InChI=1S/C23H29FN4O/c1-26-11-13-28(14-12-26)19-6-4-5-18(15-19)25-10-9-17-16-27(2)21-8-7-20(24)23(29-3)22(17)21/h4-8,15-16,25H,9-14H2,1-3H3. The lowest BCUT2D eigenvalue weighted by atomic mass is 10.1. The molecule has 0 bridgehead atoms. The van der Waals surface area contributed by atoms with Gasteiger partial charge in [0, 0.05) is 62.7 Å². The number of nitrogens with one attached hydrogen (secondary N) is 1. The molecular weight excluding hydrogens is 367 g/mol. The number of piperazine rings is 1. The van der Waals surface area contributed by atoms with E-state index in [0.29, 0.717) is 5.75 Å². The van der Waals surface area contributed by atoms with Gasteiger partial charge in [0.1, 0.15) is 0 Å². The van der Waals surface area contributed by atoms with Gasteiger partial charge in [-0.05, 0) is 49.4 Å². The smallest absolute Gasteiger partial charge is 0.165 e. The minimum Gasteiger partial charge on any atom is -0.493 e. The Kier molecular flexibility index (Phi) is 5.62. The van der Waals surface area contributed by atoms with Gasteiger partial charge in [0.2, 0.25) is 0 Å². The number of hydrogen-bond donors (Lipinski definition) is 1. The summed E-state index contributed by atoms with van der Waals surface area (Å²) in [6.07, 6.45) is 2.85. The van der Waals surface area contributed by atoms with E-state index in [1.807, 2.05) is 17.7 Å². The summed E-state index contributed by atoms with van der Waals surface area (Å²) >= 11 is 0. The summed E-state index contributed by atoms with van der Waals surface area (Å²) in [6, 6.07) is 11.9. The molecule has 5 nitrogen and oxygen atoms in total. The summed E-state index contributed by atoms with van der Waals surface area (Å²) < 4.78 is 21.6. The summed E-state index contributed by atoms with van der Waals surface area (Å²) in [5.74, 6) is 0.00968. The summed E-state index contributed by atoms with van der Waals surface area (Å²) in [6.45, 7) is 5.07. The van der Waals surface area contributed by atoms with Gasteiger partial charge in [-0.15, -0.1) is 0 Å². The zero-order valence-corrected chi connectivity index (χ0v) is 17.4. The van der Waals surface area contributed by atoms with Crippen LogP contribution in [0.2, 0.25) is 0 Å². The molecule has 0 unspecified atom stereocenters. The fourth-order valence-electron chi connectivity index (χ4n) is 4.13. The van der Waals surface area contributed by atoms with Crippen LogP contribution in [0.3, 0.4) is 0 Å². The van der Waals surface area contributed by atoms with Gasteiger partial charge in [-0.2, -0.15) is 0 Å². The van der Waals surface area contributed by atoms with Crippen LogP contribution in [0.15, 0.2) is 42.6 Å². The number of methoxy groups -OCH3 is 1. The van der Waals surface area contributed by atoms with E-state index >= 15 is 0 Å². The number of benzene rings is 2. The Balaban J connectivity index is 1.46. The first-order chi connectivity index (χ1) is 14.1. The van der Waals surface area contributed by atoms with Gasteiger partial charge in [-0.3, -0.25) is 0 Å². The van der Waals surface area contributed by atoms with Gasteiger partial charge in [0.15, 0.2) is 11.6 Å². The van der Waals surface area contributed by atoms with Crippen molar-refractivity contribution in [1.82, 2.24) is 9.47 Å². The molecule has 3 aromatic rings. The highest BCUT2D eigenvalue weighted by molar-refractivity contribution is 5.90. The second-order valence-electron chi connectivity index (χ2n) is 7.76. The quantitative estimate of drug-likeness (QED) is 0.688. The third kappa shape index (κ3) is 4.03. The van der Waals surface area contributed by atoms with E-state index in [9.17, 15) is 4.39 Å². The second-order valence-corrected chi connectivity index (χ2v) is 7.76. The van der Waals surface area contributed by atoms with Crippen LogP contribution in [-0.4, -0.2) is 56.3 Å². The van der Waals surface area contributed by atoms with Crippen molar-refractivity contribution in [2.24, 2.45) is 7.05 Å². The molecule has 29 heavy (non-hydrogen) atoms. The second kappa shape index (κ2) is 8.33. The van der Waals surface area contributed by atoms with Gasteiger partial charge < -0.3 is 24.4 Å². The molecule has 2 aromatic carbocycles. The number of hydrogen-bond acceptors (Lipinski definition) is 4. The predicted octanol–water partition coefficient (Wildman–Crippen LogP) is 3.73. The van der Waals surface area contributed by atoms with Crippen molar-refractivity contribution in [2.45, 2.75) is 6.42 Å². The predicted molar refractivity (Wildman–Crippen MR) is 118 cm³/mol. The number of ether oxygens (including phenoxy) is 1. The summed E-state index contributed by atoms with van der Waals surface area (Å²) in [4.78, 5) is 4.80. The topological polar surface area (TPSA) is 32.7 Å². The maximum atomic E-state index is 14.2. The summed E-state index contributed by atoms with van der Waals surface area (Å²) in [5.41, 5.74) is 4.44. The maximum Gasteiger partial charge on any atom is 0.165 e. The van der Waals surface area contributed by atoms with E-state index < -0.39 is 0 Å². The van der Waals surface area contributed by atoms with Gasteiger partial charge >= 0.3 is 0 Å². The monoisotopic (exact) mass is 396 g/mol. The molecule has 154 valence electrons. The Bertz CT molecular complexity index is 992. The third-order valence-corrected chi connectivity index (χ3v) is 5.78. The number of anilines is 2. The third-order valence-electron chi connectivity index (χ3n) is 5.78. The van der Waals surface area contributed by atoms with Crippen LogP contribution in [-0.2, 0) is 13.5 Å². The number of fused-ring (bicyclic) bond motifs is 1. The molecule has 1 aliphatic heterocycles. The van der Waals surface area contributed by atoms with Crippen LogP contribution in [0.4, 0.5) is 15.8 Å². The first-order valence-corrected chi connectivity index (χ1v) is 10.1. The molecule has 2 heterocycles. The molecule has 4 rings (SSSR count). The van der Waals surface area contributed by atoms with E-state index in [1.54, 1.807) is 0 Å². The van der Waals surface area contributed by atoms with E-state index in [4.69, 9.17) is 4.74 Å². The van der Waals surface area contributed by atoms with Crippen molar-refractivity contribution in [2.75, 3.05) is 57.1 Å². The molecule has 0 amide bonds. The van der Waals surface area contributed by atoms with Crippen molar-refractivity contribution >= 4 is 22.3 Å². The molecule has 0 saturated carbocycles.